The van der Waals surface area contributed by atoms with Crippen LogP contribution >= 0.6 is 0 Å². The molecule has 0 saturated carbocycles. The molecule has 3 aliphatic heterocycles. The van der Waals surface area contributed by atoms with Gasteiger partial charge in [0.1, 0.15) is 0 Å². The van der Waals surface area contributed by atoms with Crippen LogP contribution in [0.4, 0.5) is 13.2 Å². The van der Waals surface area contributed by atoms with Crippen LogP contribution in [0.3, 0.4) is 0 Å². The van der Waals surface area contributed by atoms with Crippen molar-refractivity contribution in [2.24, 2.45) is 5.92 Å². The van der Waals surface area contributed by atoms with Crippen molar-refractivity contribution in [3.05, 3.63) is 29.8 Å². The molecular weight excluding hydrogens is 329 g/mol. The van der Waals surface area contributed by atoms with E-state index in [0.717, 1.165) is 37.6 Å². The van der Waals surface area contributed by atoms with E-state index in [2.05, 4.69) is 4.90 Å². The van der Waals surface area contributed by atoms with E-state index in [1.165, 1.54) is 10.4 Å². The lowest BCUT2D eigenvalue weighted by molar-refractivity contribution is -0.137. The Kier molecular flexibility index (Phi) is 4.18. The quantitative estimate of drug-likeness (QED) is 0.824. The van der Waals surface area contributed by atoms with Crippen molar-refractivity contribution in [2.45, 2.75) is 30.0 Å². The molecule has 1 aromatic rings. The molecule has 23 heavy (non-hydrogen) atoms. The second-order valence-corrected chi connectivity index (χ2v) is 8.32. The Labute approximate surface area is 133 Å². The smallest absolute Gasteiger partial charge is 0.302 e. The summed E-state index contributed by atoms with van der Waals surface area (Å²) in [4.78, 5) is 1.87. The summed E-state index contributed by atoms with van der Waals surface area (Å²) in [6.45, 7) is 1.55. The number of alkyl halides is 3. The molecular formula is C15H19F3N2O2S. The molecule has 1 aromatic carbocycles. The Hall–Kier alpha value is -1.12. The topological polar surface area (TPSA) is 40.6 Å². The van der Waals surface area contributed by atoms with Crippen LogP contribution in [0.15, 0.2) is 29.2 Å². The highest BCUT2D eigenvalue weighted by atomic mass is 32.2. The minimum absolute atomic E-state index is 0.134. The molecule has 8 heteroatoms. The fraction of sp³-hybridized carbons (Fsp3) is 0.600. The molecule has 0 amide bonds. The molecule has 3 heterocycles. The maximum atomic E-state index is 12.8. The van der Waals surface area contributed by atoms with Crippen LogP contribution in [0.2, 0.25) is 0 Å². The minimum Gasteiger partial charge on any atom is -0.302 e. The van der Waals surface area contributed by atoms with Crippen molar-refractivity contribution >= 4 is 10.0 Å². The number of benzene rings is 1. The Bertz CT molecular complexity index is 690. The first-order valence-electron chi connectivity index (χ1n) is 7.55. The number of piperidine rings is 1. The van der Waals surface area contributed by atoms with Crippen LogP contribution in [0.5, 0.6) is 0 Å². The molecule has 0 N–H and O–H groups in total. The van der Waals surface area contributed by atoms with E-state index in [0.29, 0.717) is 13.1 Å². The van der Waals surface area contributed by atoms with E-state index in [1.807, 2.05) is 7.05 Å². The summed E-state index contributed by atoms with van der Waals surface area (Å²) in [5.74, 6) is 0.235. The summed E-state index contributed by atoms with van der Waals surface area (Å²) in [5.41, 5.74) is -0.937. The van der Waals surface area contributed by atoms with Crippen LogP contribution < -0.4 is 0 Å². The molecule has 3 saturated heterocycles. The number of likely N-dealkylation sites (N-methyl/N-ethyl adjacent to an activating group) is 1. The molecule has 3 fully saturated rings. The van der Waals surface area contributed by atoms with E-state index < -0.39 is 21.8 Å². The van der Waals surface area contributed by atoms with E-state index in [-0.39, 0.29) is 16.9 Å². The molecule has 4 nitrogen and oxygen atoms in total. The Morgan fingerprint density at radius 2 is 1.87 bits per heavy atom. The number of sulfonamides is 1. The van der Waals surface area contributed by atoms with Gasteiger partial charge in [0, 0.05) is 25.7 Å². The van der Waals surface area contributed by atoms with E-state index in [9.17, 15) is 21.6 Å². The zero-order valence-corrected chi connectivity index (χ0v) is 13.6. The summed E-state index contributed by atoms with van der Waals surface area (Å²) in [6.07, 6.45) is -2.66. The standard InChI is InChI=1S/C15H19F3N2O2S/c1-19-8-11-5-6-13(19)10-20(9-11)23(21,22)14-4-2-3-12(7-14)15(16,17)18/h2-4,7,11,13H,5-6,8-10H2,1H3/t11-,13-/m1/s1. The van der Waals surface area contributed by atoms with Gasteiger partial charge in [-0.2, -0.15) is 17.5 Å². The molecule has 0 aliphatic carbocycles. The zero-order valence-electron chi connectivity index (χ0n) is 12.8. The van der Waals surface area contributed by atoms with Gasteiger partial charge in [0.25, 0.3) is 0 Å². The largest absolute Gasteiger partial charge is 0.416 e. The van der Waals surface area contributed by atoms with Crippen molar-refractivity contribution in [1.29, 1.82) is 0 Å². The SMILES string of the molecule is CN1C[C@H]2CC[C@@H]1CN(S(=O)(=O)c1cccc(C(F)(F)F)c1)C2. The first-order chi connectivity index (χ1) is 10.7. The number of hydrogen-bond acceptors (Lipinski definition) is 3. The van der Waals surface area contributed by atoms with Gasteiger partial charge in [0.15, 0.2) is 0 Å². The fourth-order valence-electron chi connectivity index (χ4n) is 3.45. The lowest BCUT2D eigenvalue weighted by atomic mass is 9.96. The lowest BCUT2D eigenvalue weighted by Crippen LogP contribution is -2.41. The third-order valence-electron chi connectivity index (χ3n) is 4.75. The highest BCUT2D eigenvalue weighted by Gasteiger charge is 2.39. The number of fused-ring (bicyclic) bond motifs is 4. The molecule has 0 aromatic heterocycles. The second-order valence-electron chi connectivity index (χ2n) is 6.38. The third-order valence-corrected chi connectivity index (χ3v) is 6.58. The van der Waals surface area contributed by atoms with Crippen LogP contribution in [-0.4, -0.2) is 50.3 Å². The van der Waals surface area contributed by atoms with E-state index in [4.69, 9.17) is 0 Å². The predicted octanol–water partition coefficient (Wildman–Crippen LogP) is 2.42. The average Bonchev–Trinajstić information content (AvgIpc) is 2.78. The normalized spacial score (nSPS) is 27.1. The first-order valence-corrected chi connectivity index (χ1v) is 8.99. The third kappa shape index (κ3) is 3.25. The van der Waals surface area contributed by atoms with Gasteiger partial charge in [-0.15, -0.1) is 0 Å². The number of nitrogens with zero attached hydrogens (tertiary/aromatic N) is 2. The fourth-order valence-corrected chi connectivity index (χ4v) is 5.05. The van der Waals surface area contributed by atoms with E-state index in [1.54, 1.807) is 0 Å². The van der Waals surface area contributed by atoms with Crippen LogP contribution in [-0.2, 0) is 16.2 Å². The lowest BCUT2D eigenvalue weighted by Gasteiger charge is -2.32. The number of hydrogen-bond donors (Lipinski definition) is 0. The molecule has 2 bridgehead atoms. The summed E-state index contributed by atoms with van der Waals surface area (Å²) < 4.78 is 65.4. The van der Waals surface area contributed by atoms with Gasteiger partial charge in [0.05, 0.1) is 10.5 Å². The van der Waals surface area contributed by atoms with Gasteiger partial charge in [0.2, 0.25) is 10.0 Å². The van der Waals surface area contributed by atoms with Crippen molar-refractivity contribution in [2.75, 3.05) is 26.7 Å². The summed E-state index contributed by atoms with van der Waals surface area (Å²) in [7, 11) is -1.94. The van der Waals surface area contributed by atoms with Crippen molar-refractivity contribution < 1.29 is 21.6 Å². The van der Waals surface area contributed by atoms with Gasteiger partial charge in [-0.3, -0.25) is 0 Å². The van der Waals surface area contributed by atoms with E-state index >= 15 is 0 Å². The summed E-state index contributed by atoms with van der Waals surface area (Å²) in [5, 5.41) is 0. The molecule has 0 radical (unpaired) electrons. The highest BCUT2D eigenvalue weighted by Crippen LogP contribution is 2.33. The second kappa shape index (κ2) is 5.75. The van der Waals surface area contributed by atoms with Crippen molar-refractivity contribution in [3.63, 3.8) is 0 Å². The summed E-state index contributed by atoms with van der Waals surface area (Å²) >= 11 is 0. The van der Waals surface area contributed by atoms with Crippen LogP contribution in [0, 0.1) is 5.92 Å². The highest BCUT2D eigenvalue weighted by molar-refractivity contribution is 7.89. The average molecular weight is 348 g/mol. The van der Waals surface area contributed by atoms with Crippen LogP contribution in [0.25, 0.3) is 0 Å². The van der Waals surface area contributed by atoms with Gasteiger partial charge in [-0.05, 0) is 44.0 Å². The Balaban J connectivity index is 1.93. The first kappa shape index (κ1) is 16.7. The minimum atomic E-state index is -4.55. The molecule has 2 atom stereocenters. The Morgan fingerprint density at radius 1 is 1.13 bits per heavy atom. The number of rotatable bonds is 2. The number of halogens is 3. The van der Waals surface area contributed by atoms with Gasteiger partial charge < -0.3 is 4.90 Å². The monoisotopic (exact) mass is 348 g/mol. The molecule has 128 valence electrons. The predicted molar refractivity (Wildman–Crippen MR) is 79.3 cm³/mol. The van der Waals surface area contributed by atoms with Gasteiger partial charge >= 0.3 is 6.18 Å². The van der Waals surface area contributed by atoms with Gasteiger partial charge in [-0.1, -0.05) is 6.07 Å². The zero-order chi connectivity index (χ0) is 16.8. The van der Waals surface area contributed by atoms with Crippen LogP contribution in [0.1, 0.15) is 18.4 Å². The van der Waals surface area contributed by atoms with Crippen molar-refractivity contribution in [3.8, 4) is 0 Å². The maximum absolute atomic E-state index is 12.8. The summed E-state index contributed by atoms with van der Waals surface area (Å²) in [6, 6.07) is 4.13. The molecule has 3 aliphatic rings. The van der Waals surface area contributed by atoms with Crippen molar-refractivity contribution in [1.82, 2.24) is 9.21 Å². The van der Waals surface area contributed by atoms with Gasteiger partial charge in [-0.25, -0.2) is 8.42 Å². The molecule has 0 unspecified atom stereocenters. The Morgan fingerprint density at radius 3 is 2.52 bits per heavy atom. The molecule has 4 rings (SSSR count). The maximum Gasteiger partial charge on any atom is 0.416 e. The molecule has 0 spiro atoms.